The van der Waals surface area contributed by atoms with Gasteiger partial charge in [0.15, 0.2) is 0 Å². The van der Waals surface area contributed by atoms with E-state index in [-0.39, 0.29) is 37.1 Å². The lowest BCUT2D eigenvalue weighted by Crippen LogP contribution is -2.46. The van der Waals surface area contributed by atoms with Crippen molar-refractivity contribution in [3.63, 3.8) is 0 Å². The van der Waals surface area contributed by atoms with Crippen LogP contribution in [0.15, 0.2) is 24.3 Å². The molecule has 0 saturated carbocycles. The minimum Gasteiger partial charge on any atom is -0.508 e. The third kappa shape index (κ3) is 10.5. The van der Waals surface area contributed by atoms with Gasteiger partial charge in [-0.15, -0.1) is 0 Å². The maximum atomic E-state index is 12.2. The summed E-state index contributed by atoms with van der Waals surface area (Å²) in [5, 5.41) is 19.5. The number of esters is 1. The number of benzene rings is 1. The zero-order valence-electron chi connectivity index (χ0n) is 17.8. The number of rotatable bonds is 5. The van der Waals surface area contributed by atoms with Crippen molar-refractivity contribution in [1.82, 2.24) is 10.2 Å². The number of likely N-dealkylation sites (tertiary alicyclic amines) is 1. The largest absolute Gasteiger partial charge is 0.508 e. The monoisotopic (exact) mass is 410 g/mol. The smallest absolute Gasteiger partial charge is 0.328 e. The molecule has 0 aromatic heterocycles. The second kappa shape index (κ2) is 15.3. The molecule has 3 N–H and O–H groups in total. The number of phenolic OH excluding ortho intramolecular Hbond substituents is 1. The molecule has 1 aliphatic rings. The summed E-state index contributed by atoms with van der Waals surface area (Å²) in [6.07, 6.45) is 2.64. The molecule has 0 spiro atoms. The van der Waals surface area contributed by atoms with Gasteiger partial charge in [0, 0.05) is 13.2 Å². The number of aromatic hydroxyl groups is 1. The summed E-state index contributed by atoms with van der Waals surface area (Å²) in [6.45, 7) is 6.51. The Kier molecular flexibility index (Phi) is 13.9. The Hall–Kier alpha value is -2.61. The SMILES string of the molecule is CCC.CCO.COC(=O)C1CCCN1C(=O)CNC(=O)Cc1cccc(O)c1. The maximum Gasteiger partial charge on any atom is 0.328 e. The Morgan fingerprint density at radius 1 is 1.24 bits per heavy atom. The van der Waals surface area contributed by atoms with Crippen molar-refractivity contribution in [3.8, 4) is 5.75 Å². The third-order valence-electron chi connectivity index (χ3n) is 3.76. The van der Waals surface area contributed by atoms with Gasteiger partial charge in [-0.05, 0) is 37.5 Å². The number of carbonyl (C=O) groups excluding carboxylic acids is 3. The lowest BCUT2D eigenvalue weighted by molar-refractivity contribution is -0.150. The number of aliphatic hydroxyl groups excluding tert-OH is 1. The molecule has 1 fully saturated rings. The van der Waals surface area contributed by atoms with Crippen molar-refractivity contribution in [2.75, 3.05) is 26.8 Å². The van der Waals surface area contributed by atoms with E-state index in [1.54, 1.807) is 19.1 Å². The molecule has 8 nitrogen and oxygen atoms in total. The highest BCUT2D eigenvalue weighted by Crippen LogP contribution is 2.18. The first-order valence-electron chi connectivity index (χ1n) is 9.87. The van der Waals surface area contributed by atoms with E-state index in [0.29, 0.717) is 18.5 Å². The van der Waals surface area contributed by atoms with Gasteiger partial charge in [-0.1, -0.05) is 32.4 Å². The van der Waals surface area contributed by atoms with Crippen LogP contribution in [0.25, 0.3) is 0 Å². The molecule has 164 valence electrons. The van der Waals surface area contributed by atoms with Crippen LogP contribution < -0.4 is 5.32 Å². The Balaban J connectivity index is 0.00000116. The van der Waals surface area contributed by atoms with Crippen molar-refractivity contribution in [2.24, 2.45) is 0 Å². The molecule has 29 heavy (non-hydrogen) atoms. The fraction of sp³-hybridized carbons (Fsp3) is 0.571. The van der Waals surface area contributed by atoms with E-state index < -0.39 is 12.0 Å². The number of aliphatic hydroxyl groups is 1. The highest BCUT2D eigenvalue weighted by Gasteiger charge is 2.34. The standard InChI is InChI=1S/C16H20N2O5.C3H8.C2H6O/c1-23-16(22)13-6-3-7-18(13)15(21)10-17-14(20)9-11-4-2-5-12(19)8-11;1-3-2;1-2-3/h2,4-5,8,13,19H,3,6-7,9-10H2,1H3,(H,17,20);3H2,1-2H3;3H,2H2,1H3. The molecule has 1 unspecified atom stereocenters. The predicted molar refractivity (Wildman–Crippen MR) is 110 cm³/mol. The molecular formula is C21H34N2O6. The number of ether oxygens (including phenoxy) is 1. The van der Waals surface area contributed by atoms with E-state index in [2.05, 4.69) is 23.9 Å². The maximum absolute atomic E-state index is 12.2. The zero-order chi connectivity index (χ0) is 22.2. The van der Waals surface area contributed by atoms with E-state index in [9.17, 15) is 19.5 Å². The molecule has 1 aromatic rings. The predicted octanol–water partition coefficient (Wildman–Crippen LogP) is 1.63. The quantitative estimate of drug-likeness (QED) is 0.636. The highest BCUT2D eigenvalue weighted by atomic mass is 16.5. The minimum atomic E-state index is -0.560. The topological polar surface area (TPSA) is 116 Å². The lowest BCUT2D eigenvalue weighted by atomic mass is 10.1. The van der Waals surface area contributed by atoms with E-state index in [1.807, 2.05) is 0 Å². The van der Waals surface area contributed by atoms with Crippen LogP contribution >= 0.6 is 0 Å². The first-order chi connectivity index (χ1) is 13.8. The lowest BCUT2D eigenvalue weighted by Gasteiger charge is -2.22. The van der Waals surface area contributed by atoms with Crippen molar-refractivity contribution in [1.29, 1.82) is 0 Å². The Bertz CT molecular complexity index is 633. The normalized spacial score (nSPS) is 14.7. The first-order valence-corrected chi connectivity index (χ1v) is 9.87. The van der Waals surface area contributed by atoms with Crippen LogP contribution in [0.2, 0.25) is 0 Å². The number of methoxy groups -OCH3 is 1. The summed E-state index contributed by atoms with van der Waals surface area (Å²) in [6, 6.07) is 5.82. The van der Waals surface area contributed by atoms with Crippen LogP contribution in [-0.4, -0.2) is 65.7 Å². The number of amides is 2. The van der Waals surface area contributed by atoms with Crippen LogP contribution in [0.3, 0.4) is 0 Å². The second-order valence-corrected chi connectivity index (χ2v) is 6.42. The van der Waals surface area contributed by atoms with Gasteiger partial charge in [0.05, 0.1) is 20.1 Å². The molecule has 0 bridgehead atoms. The van der Waals surface area contributed by atoms with Crippen LogP contribution in [0, 0.1) is 0 Å². The molecule has 0 aliphatic carbocycles. The van der Waals surface area contributed by atoms with Gasteiger partial charge in [0.2, 0.25) is 11.8 Å². The van der Waals surface area contributed by atoms with Crippen molar-refractivity contribution < 1.29 is 29.3 Å². The van der Waals surface area contributed by atoms with E-state index in [0.717, 1.165) is 6.42 Å². The molecule has 1 aliphatic heterocycles. The van der Waals surface area contributed by atoms with Gasteiger partial charge >= 0.3 is 5.97 Å². The van der Waals surface area contributed by atoms with Crippen LogP contribution in [-0.2, 0) is 25.5 Å². The van der Waals surface area contributed by atoms with E-state index >= 15 is 0 Å². The summed E-state index contributed by atoms with van der Waals surface area (Å²) in [5.74, 6) is -0.966. The molecule has 1 saturated heterocycles. The van der Waals surface area contributed by atoms with Crippen LogP contribution in [0.5, 0.6) is 5.75 Å². The van der Waals surface area contributed by atoms with Gasteiger partial charge in [-0.3, -0.25) is 9.59 Å². The molecule has 0 radical (unpaired) electrons. The average Bonchev–Trinajstić information content (AvgIpc) is 3.17. The van der Waals surface area contributed by atoms with Crippen molar-refractivity contribution in [3.05, 3.63) is 29.8 Å². The van der Waals surface area contributed by atoms with Crippen molar-refractivity contribution in [2.45, 2.75) is 52.5 Å². The van der Waals surface area contributed by atoms with E-state index in [1.165, 1.54) is 30.6 Å². The van der Waals surface area contributed by atoms with E-state index in [4.69, 9.17) is 5.11 Å². The van der Waals surface area contributed by atoms with Gasteiger partial charge < -0.3 is 25.2 Å². The fourth-order valence-corrected chi connectivity index (χ4v) is 2.64. The van der Waals surface area contributed by atoms with Crippen LogP contribution in [0.1, 0.15) is 45.6 Å². The Labute approximate surface area is 172 Å². The summed E-state index contributed by atoms with van der Waals surface area (Å²) < 4.78 is 4.69. The number of phenols is 1. The van der Waals surface area contributed by atoms with Gasteiger partial charge in [0.25, 0.3) is 0 Å². The number of hydrogen-bond acceptors (Lipinski definition) is 6. The molecular weight excluding hydrogens is 376 g/mol. The number of hydrogen-bond donors (Lipinski definition) is 3. The molecule has 1 heterocycles. The second-order valence-electron chi connectivity index (χ2n) is 6.42. The third-order valence-corrected chi connectivity index (χ3v) is 3.76. The first kappa shape index (κ1) is 26.4. The fourth-order valence-electron chi connectivity index (χ4n) is 2.64. The van der Waals surface area contributed by atoms with Crippen molar-refractivity contribution >= 4 is 17.8 Å². The summed E-state index contributed by atoms with van der Waals surface area (Å²) in [5.41, 5.74) is 0.656. The highest BCUT2D eigenvalue weighted by molar-refractivity contribution is 5.89. The van der Waals surface area contributed by atoms with Gasteiger partial charge in [-0.2, -0.15) is 0 Å². The summed E-state index contributed by atoms with van der Waals surface area (Å²) in [7, 11) is 1.29. The Morgan fingerprint density at radius 2 is 1.86 bits per heavy atom. The Morgan fingerprint density at radius 3 is 2.41 bits per heavy atom. The van der Waals surface area contributed by atoms with Crippen LogP contribution in [0.4, 0.5) is 0 Å². The molecule has 1 atom stereocenters. The number of carbonyl (C=O) groups is 3. The average molecular weight is 411 g/mol. The summed E-state index contributed by atoms with van der Waals surface area (Å²) in [4.78, 5) is 37.1. The molecule has 2 amide bonds. The minimum absolute atomic E-state index is 0.0715. The molecule has 2 rings (SSSR count). The van der Waals surface area contributed by atoms with Gasteiger partial charge in [0.1, 0.15) is 11.8 Å². The molecule has 8 heteroatoms. The number of nitrogens with one attached hydrogen (secondary N) is 1. The zero-order valence-corrected chi connectivity index (χ0v) is 17.8. The summed E-state index contributed by atoms with van der Waals surface area (Å²) >= 11 is 0. The number of nitrogens with zero attached hydrogens (tertiary/aromatic N) is 1. The van der Waals surface area contributed by atoms with Gasteiger partial charge in [-0.25, -0.2) is 4.79 Å². The molecule has 1 aromatic carbocycles.